The maximum absolute atomic E-state index is 13.7. The molecular weight excluding hydrogens is 531 g/mol. The molecule has 2 aliphatic rings. The molecule has 1 heterocycles. The minimum absolute atomic E-state index is 0.116. The second-order valence-corrected chi connectivity index (χ2v) is 12.2. The number of nitrogens with zero attached hydrogens (tertiary/aromatic N) is 1. The lowest BCUT2D eigenvalue weighted by molar-refractivity contribution is -0.274. The minimum Gasteiger partial charge on any atom is -0.488 e. The fraction of sp³-hybridized carbons (Fsp3) is 0.345. The summed E-state index contributed by atoms with van der Waals surface area (Å²) in [6.07, 6.45) is -2.69. The van der Waals surface area contributed by atoms with Gasteiger partial charge in [0.15, 0.2) is 9.84 Å². The van der Waals surface area contributed by atoms with Gasteiger partial charge in [-0.05, 0) is 74.1 Å². The number of sulfone groups is 1. The van der Waals surface area contributed by atoms with Crippen LogP contribution in [-0.4, -0.2) is 32.5 Å². The first-order valence-electron chi connectivity index (χ1n) is 12.7. The van der Waals surface area contributed by atoms with E-state index in [9.17, 15) is 26.4 Å². The molecule has 0 atom stereocenters. The zero-order valence-electron chi connectivity index (χ0n) is 21.1. The van der Waals surface area contributed by atoms with E-state index >= 15 is 0 Å². The van der Waals surface area contributed by atoms with E-state index in [1.807, 2.05) is 30.3 Å². The van der Waals surface area contributed by atoms with E-state index in [1.54, 1.807) is 29.2 Å². The molecule has 0 unspecified atom stereocenters. The average molecular weight is 560 g/mol. The van der Waals surface area contributed by atoms with E-state index in [2.05, 4.69) is 4.74 Å². The van der Waals surface area contributed by atoms with Crippen molar-refractivity contribution in [2.24, 2.45) is 5.41 Å². The Bertz CT molecular complexity index is 1420. The Morgan fingerprint density at radius 3 is 2.18 bits per heavy atom. The molecule has 0 aromatic heterocycles. The summed E-state index contributed by atoms with van der Waals surface area (Å²) in [5.74, 6) is -0.163. The number of ether oxygens (including phenoxy) is 2. The van der Waals surface area contributed by atoms with Gasteiger partial charge in [0.1, 0.15) is 23.0 Å². The number of carbonyl (C=O) groups is 1. The fourth-order valence-corrected chi connectivity index (χ4v) is 7.42. The van der Waals surface area contributed by atoms with Crippen molar-refractivity contribution >= 4 is 21.4 Å². The van der Waals surface area contributed by atoms with Crippen LogP contribution in [-0.2, 0) is 21.2 Å². The lowest BCUT2D eigenvalue weighted by Gasteiger charge is -2.35. The summed E-state index contributed by atoms with van der Waals surface area (Å²) in [4.78, 5) is 15.2. The fourth-order valence-electron chi connectivity index (χ4n) is 5.53. The maximum Gasteiger partial charge on any atom is 0.573 e. The first-order valence-corrected chi connectivity index (χ1v) is 14.3. The number of hydrogen-bond donors (Lipinski definition) is 0. The van der Waals surface area contributed by atoms with Crippen LogP contribution in [0.3, 0.4) is 0 Å². The molecule has 1 saturated heterocycles. The van der Waals surface area contributed by atoms with Crippen molar-refractivity contribution in [1.29, 1.82) is 0 Å². The highest BCUT2D eigenvalue weighted by Crippen LogP contribution is 2.48. The Morgan fingerprint density at radius 1 is 0.872 bits per heavy atom. The second kappa shape index (κ2) is 10.6. The van der Waals surface area contributed by atoms with Gasteiger partial charge in [-0.15, -0.1) is 13.2 Å². The van der Waals surface area contributed by atoms with Gasteiger partial charge in [0.25, 0.3) is 0 Å². The number of benzene rings is 3. The molecule has 10 heteroatoms. The summed E-state index contributed by atoms with van der Waals surface area (Å²) in [7, 11) is -3.70. The standard InChI is InChI=1S/C29H28F3NO5S/c30-29(31,32)38-23-12-10-22(11-13-23)33-19-18-28(27(33)34)16-14-24(15-17-28)39(35,36)26-9-5-4-8-25(26)37-20-21-6-2-1-3-7-21/h1-13,24H,14-20H2. The van der Waals surface area contributed by atoms with Crippen molar-refractivity contribution in [3.63, 3.8) is 0 Å². The Labute approximate surface area is 225 Å². The largest absolute Gasteiger partial charge is 0.573 e. The van der Waals surface area contributed by atoms with Gasteiger partial charge in [-0.2, -0.15) is 0 Å². The van der Waals surface area contributed by atoms with Crippen LogP contribution in [0.25, 0.3) is 0 Å². The Morgan fingerprint density at radius 2 is 1.51 bits per heavy atom. The highest BCUT2D eigenvalue weighted by molar-refractivity contribution is 7.92. The number of para-hydroxylation sites is 1. The van der Waals surface area contributed by atoms with Gasteiger partial charge in [0.2, 0.25) is 5.91 Å². The quantitative estimate of drug-likeness (QED) is 0.340. The zero-order chi connectivity index (χ0) is 27.7. The number of alkyl halides is 3. The van der Waals surface area contributed by atoms with E-state index in [1.165, 1.54) is 24.3 Å². The molecule has 5 rings (SSSR count). The number of halogens is 3. The van der Waals surface area contributed by atoms with Crippen molar-refractivity contribution in [3.05, 3.63) is 84.4 Å². The van der Waals surface area contributed by atoms with Gasteiger partial charge < -0.3 is 14.4 Å². The zero-order valence-corrected chi connectivity index (χ0v) is 21.9. The summed E-state index contributed by atoms with van der Waals surface area (Å²) in [5, 5.41) is -0.634. The van der Waals surface area contributed by atoms with Crippen molar-refractivity contribution in [1.82, 2.24) is 0 Å². The molecule has 2 fully saturated rings. The van der Waals surface area contributed by atoms with Crippen LogP contribution >= 0.6 is 0 Å². The molecular formula is C29H28F3NO5S. The molecule has 1 saturated carbocycles. The summed E-state index contributed by atoms with van der Waals surface area (Å²) < 4.78 is 74.5. The highest BCUT2D eigenvalue weighted by atomic mass is 32.2. The molecule has 0 bridgehead atoms. The van der Waals surface area contributed by atoms with Crippen molar-refractivity contribution < 1.29 is 35.9 Å². The molecule has 1 amide bonds. The molecule has 1 spiro atoms. The number of anilines is 1. The molecule has 1 aliphatic carbocycles. The van der Waals surface area contributed by atoms with E-state index in [-0.39, 0.29) is 23.2 Å². The molecule has 3 aromatic carbocycles. The van der Waals surface area contributed by atoms with Crippen molar-refractivity contribution in [2.75, 3.05) is 11.4 Å². The molecule has 1 aliphatic heterocycles. The predicted octanol–water partition coefficient (Wildman–Crippen LogP) is 6.30. The smallest absolute Gasteiger partial charge is 0.488 e. The lowest BCUT2D eigenvalue weighted by Crippen LogP contribution is -2.40. The van der Waals surface area contributed by atoms with Crippen LogP contribution in [0.1, 0.15) is 37.7 Å². The van der Waals surface area contributed by atoms with E-state index in [0.29, 0.717) is 50.1 Å². The maximum atomic E-state index is 13.7. The van der Waals surface area contributed by atoms with Gasteiger partial charge in [-0.3, -0.25) is 4.79 Å². The highest BCUT2D eigenvalue weighted by Gasteiger charge is 2.50. The third-order valence-electron chi connectivity index (χ3n) is 7.62. The van der Waals surface area contributed by atoms with E-state index in [0.717, 1.165) is 5.56 Å². The topological polar surface area (TPSA) is 72.9 Å². The third-order valence-corrected chi connectivity index (χ3v) is 9.92. The Hall–Kier alpha value is -3.53. The molecule has 6 nitrogen and oxygen atoms in total. The second-order valence-electron chi connectivity index (χ2n) is 9.99. The van der Waals surface area contributed by atoms with Crippen LogP contribution in [0.5, 0.6) is 11.5 Å². The molecule has 0 N–H and O–H groups in total. The van der Waals surface area contributed by atoms with Crippen molar-refractivity contribution in [2.45, 2.75) is 55.2 Å². The summed E-state index contributed by atoms with van der Waals surface area (Å²) in [5.41, 5.74) is 0.748. The number of hydrogen-bond acceptors (Lipinski definition) is 5. The lowest BCUT2D eigenvalue weighted by atomic mass is 9.73. The van der Waals surface area contributed by atoms with E-state index < -0.39 is 26.9 Å². The molecule has 206 valence electrons. The normalized spacial score (nSPS) is 21.8. The van der Waals surface area contributed by atoms with Gasteiger partial charge in [0, 0.05) is 12.2 Å². The third kappa shape index (κ3) is 5.75. The summed E-state index contributed by atoms with van der Waals surface area (Å²) in [6.45, 7) is 0.667. The first kappa shape index (κ1) is 27.1. The van der Waals surface area contributed by atoms with Crippen LogP contribution in [0.2, 0.25) is 0 Å². The van der Waals surface area contributed by atoms with Crippen LogP contribution in [0.15, 0.2) is 83.8 Å². The first-order chi connectivity index (χ1) is 18.6. The Kier molecular flexibility index (Phi) is 7.33. The Balaban J connectivity index is 1.25. The number of carbonyl (C=O) groups excluding carboxylic acids is 1. The summed E-state index contributed by atoms with van der Waals surface area (Å²) in [6, 6.07) is 21.4. The van der Waals surface area contributed by atoms with Crippen LogP contribution in [0, 0.1) is 5.41 Å². The van der Waals surface area contributed by atoms with Crippen LogP contribution < -0.4 is 14.4 Å². The average Bonchev–Trinajstić information content (AvgIpc) is 3.23. The van der Waals surface area contributed by atoms with Crippen molar-refractivity contribution in [3.8, 4) is 11.5 Å². The van der Waals surface area contributed by atoms with E-state index in [4.69, 9.17) is 4.74 Å². The van der Waals surface area contributed by atoms with Gasteiger partial charge in [-0.1, -0.05) is 42.5 Å². The predicted molar refractivity (Wildman–Crippen MR) is 139 cm³/mol. The number of amides is 1. The monoisotopic (exact) mass is 559 g/mol. The molecule has 0 radical (unpaired) electrons. The summed E-state index contributed by atoms with van der Waals surface area (Å²) >= 11 is 0. The van der Waals surface area contributed by atoms with Gasteiger partial charge in [0.05, 0.1) is 10.7 Å². The van der Waals surface area contributed by atoms with Crippen LogP contribution in [0.4, 0.5) is 18.9 Å². The molecule has 3 aromatic rings. The van der Waals surface area contributed by atoms with Gasteiger partial charge in [-0.25, -0.2) is 8.42 Å². The molecule has 39 heavy (non-hydrogen) atoms. The minimum atomic E-state index is -4.79. The SMILES string of the molecule is O=C1N(c2ccc(OC(F)(F)F)cc2)CCC12CCC(S(=O)(=O)c1ccccc1OCc1ccccc1)CC2. The van der Waals surface area contributed by atoms with Gasteiger partial charge >= 0.3 is 6.36 Å². The number of rotatable bonds is 7.